The molecule has 8 heteroatoms. The van der Waals surface area contributed by atoms with Gasteiger partial charge in [0.15, 0.2) is 5.78 Å². The standard InChI is InChI=1S/C15H18N6OS/c1-3-20-8-7-10(18-20)13-12-9(5-4-6-11(12)22)16-14-17-15(23-2)19-21(13)14/h7-8,13H,3-6H2,1-2H3,(H,16,17,19)/t13-/m1/s1. The number of allylic oxidation sites excluding steroid dienone is 2. The number of rotatable bonds is 3. The Bertz CT molecular complexity index is 805. The third kappa shape index (κ3) is 2.28. The maximum atomic E-state index is 12.6. The van der Waals surface area contributed by atoms with Gasteiger partial charge in [0.05, 0.1) is 5.69 Å². The van der Waals surface area contributed by atoms with E-state index in [2.05, 4.69) is 20.5 Å². The molecule has 120 valence electrons. The molecule has 0 amide bonds. The van der Waals surface area contributed by atoms with Crippen LogP contribution in [0.4, 0.5) is 5.95 Å². The van der Waals surface area contributed by atoms with Gasteiger partial charge in [0.2, 0.25) is 11.1 Å². The number of nitrogens with zero attached hydrogens (tertiary/aromatic N) is 5. The molecule has 0 fully saturated rings. The monoisotopic (exact) mass is 330 g/mol. The van der Waals surface area contributed by atoms with Crippen molar-refractivity contribution in [1.82, 2.24) is 24.5 Å². The van der Waals surface area contributed by atoms with Crippen LogP contribution >= 0.6 is 11.8 Å². The van der Waals surface area contributed by atoms with E-state index >= 15 is 0 Å². The van der Waals surface area contributed by atoms with Crippen molar-refractivity contribution < 1.29 is 4.79 Å². The number of carbonyl (C=O) groups is 1. The van der Waals surface area contributed by atoms with Crippen molar-refractivity contribution >= 4 is 23.5 Å². The molecule has 4 rings (SSSR count). The van der Waals surface area contributed by atoms with Crippen molar-refractivity contribution in [3.63, 3.8) is 0 Å². The van der Waals surface area contributed by atoms with E-state index in [1.807, 2.05) is 30.1 Å². The minimum absolute atomic E-state index is 0.182. The number of aromatic nitrogens is 5. The van der Waals surface area contributed by atoms with Gasteiger partial charge in [0, 0.05) is 30.4 Å². The normalized spacial score (nSPS) is 20.3. The summed E-state index contributed by atoms with van der Waals surface area (Å²) in [6.07, 6.45) is 6.22. The summed E-state index contributed by atoms with van der Waals surface area (Å²) in [6, 6.07) is 1.69. The van der Waals surface area contributed by atoms with Crippen LogP contribution < -0.4 is 5.32 Å². The van der Waals surface area contributed by atoms with Crippen LogP contribution in [0.3, 0.4) is 0 Å². The fourth-order valence-corrected chi connectivity index (χ4v) is 3.54. The number of fused-ring (bicyclic) bond motifs is 1. The second-order valence-electron chi connectivity index (χ2n) is 5.66. The molecule has 1 atom stereocenters. The molecule has 1 aliphatic heterocycles. The number of Topliss-reactive ketones (excluding diaryl/α,β-unsaturated/α-hetero) is 1. The predicted molar refractivity (Wildman–Crippen MR) is 87.3 cm³/mol. The molecular formula is C15H18N6OS. The maximum Gasteiger partial charge on any atom is 0.227 e. The van der Waals surface area contributed by atoms with Gasteiger partial charge in [0.1, 0.15) is 6.04 Å². The summed E-state index contributed by atoms with van der Waals surface area (Å²) in [6.45, 7) is 2.84. The highest BCUT2D eigenvalue weighted by Gasteiger charge is 2.37. The third-order valence-corrected chi connectivity index (χ3v) is 4.83. The van der Waals surface area contributed by atoms with Gasteiger partial charge in [-0.15, -0.1) is 5.10 Å². The van der Waals surface area contributed by atoms with Crippen molar-refractivity contribution in [2.75, 3.05) is 11.6 Å². The van der Waals surface area contributed by atoms with E-state index in [0.717, 1.165) is 36.4 Å². The highest BCUT2D eigenvalue weighted by Crippen LogP contribution is 2.39. The maximum absolute atomic E-state index is 12.6. The molecule has 0 bridgehead atoms. The average molecular weight is 330 g/mol. The van der Waals surface area contributed by atoms with Crippen molar-refractivity contribution in [3.8, 4) is 0 Å². The fraction of sp³-hybridized carbons (Fsp3) is 0.467. The summed E-state index contributed by atoms with van der Waals surface area (Å²) in [5, 5.41) is 13.2. The Hall–Kier alpha value is -2.09. The topological polar surface area (TPSA) is 77.6 Å². The molecule has 0 radical (unpaired) electrons. The van der Waals surface area contributed by atoms with Gasteiger partial charge in [-0.25, -0.2) is 4.68 Å². The van der Waals surface area contributed by atoms with Crippen LogP contribution in [-0.4, -0.2) is 36.6 Å². The Morgan fingerprint density at radius 3 is 3.00 bits per heavy atom. The molecule has 2 aliphatic rings. The van der Waals surface area contributed by atoms with Crippen molar-refractivity contribution in [3.05, 3.63) is 29.2 Å². The van der Waals surface area contributed by atoms with Gasteiger partial charge in [-0.05, 0) is 32.1 Å². The molecule has 1 N–H and O–H groups in total. The summed E-state index contributed by atoms with van der Waals surface area (Å²) in [5.74, 6) is 0.875. The van der Waals surface area contributed by atoms with Gasteiger partial charge in [0.25, 0.3) is 0 Å². The predicted octanol–water partition coefficient (Wildman–Crippen LogP) is 2.24. The molecule has 0 saturated heterocycles. The molecule has 7 nitrogen and oxygen atoms in total. The molecule has 1 aliphatic carbocycles. The number of ketones is 1. The minimum Gasteiger partial charge on any atom is -0.328 e. The number of thioether (sulfide) groups is 1. The molecule has 3 heterocycles. The van der Waals surface area contributed by atoms with E-state index in [1.54, 1.807) is 4.68 Å². The smallest absolute Gasteiger partial charge is 0.227 e. The van der Waals surface area contributed by atoms with E-state index in [9.17, 15) is 4.79 Å². The summed E-state index contributed by atoms with van der Waals surface area (Å²) >= 11 is 1.49. The highest BCUT2D eigenvalue weighted by atomic mass is 32.2. The zero-order chi connectivity index (χ0) is 16.0. The molecule has 0 aromatic carbocycles. The van der Waals surface area contributed by atoms with E-state index in [4.69, 9.17) is 0 Å². The van der Waals surface area contributed by atoms with Crippen molar-refractivity contribution in [1.29, 1.82) is 0 Å². The largest absolute Gasteiger partial charge is 0.328 e. The summed E-state index contributed by atoms with van der Waals surface area (Å²) in [5.41, 5.74) is 2.61. The molecule has 0 unspecified atom stereocenters. The van der Waals surface area contributed by atoms with Crippen LogP contribution in [0.5, 0.6) is 0 Å². The number of aryl methyl sites for hydroxylation is 1. The van der Waals surface area contributed by atoms with Gasteiger partial charge < -0.3 is 5.32 Å². The Morgan fingerprint density at radius 2 is 2.26 bits per heavy atom. The second kappa shape index (κ2) is 5.52. The first-order chi connectivity index (χ1) is 11.2. The van der Waals surface area contributed by atoms with E-state index < -0.39 is 0 Å². The van der Waals surface area contributed by atoms with E-state index in [-0.39, 0.29) is 11.8 Å². The first-order valence-corrected chi connectivity index (χ1v) is 9.01. The third-order valence-electron chi connectivity index (χ3n) is 4.30. The number of anilines is 1. The SMILES string of the molecule is CCn1ccc([C@@H]2C3=C(CCCC3=O)Nc3nc(SC)nn32)n1. The van der Waals surface area contributed by atoms with Crippen molar-refractivity contribution in [2.24, 2.45) is 0 Å². The first kappa shape index (κ1) is 14.5. The number of nitrogens with one attached hydrogen (secondary N) is 1. The van der Waals surface area contributed by atoms with Crippen molar-refractivity contribution in [2.45, 2.75) is 43.9 Å². The Balaban J connectivity index is 1.88. The second-order valence-corrected chi connectivity index (χ2v) is 6.43. The highest BCUT2D eigenvalue weighted by molar-refractivity contribution is 7.98. The van der Waals surface area contributed by atoms with Crippen LogP contribution in [0.15, 0.2) is 28.7 Å². The van der Waals surface area contributed by atoms with Gasteiger partial charge in [-0.1, -0.05) is 11.8 Å². The average Bonchev–Trinajstić information content (AvgIpc) is 3.19. The first-order valence-electron chi connectivity index (χ1n) is 7.78. The number of carbonyl (C=O) groups excluding carboxylic acids is 1. The Morgan fingerprint density at radius 1 is 1.39 bits per heavy atom. The van der Waals surface area contributed by atoms with Gasteiger partial charge in [-0.2, -0.15) is 10.1 Å². The molecule has 0 saturated carbocycles. The lowest BCUT2D eigenvalue weighted by molar-refractivity contribution is -0.116. The van der Waals surface area contributed by atoms with Crippen LogP contribution in [-0.2, 0) is 11.3 Å². The lowest BCUT2D eigenvalue weighted by atomic mass is 9.87. The van der Waals surface area contributed by atoms with Crippen LogP contribution in [0.25, 0.3) is 0 Å². The van der Waals surface area contributed by atoms with Crippen LogP contribution in [0.1, 0.15) is 37.9 Å². The van der Waals surface area contributed by atoms with Crippen LogP contribution in [0.2, 0.25) is 0 Å². The fourth-order valence-electron chi connectivity index (χ4n) is 3.20. The Labute approximate surface area is 138 Å². The molecule has 23 heavy (non-hydrogen) atoms. The zero-order valence-electron chi connectivity index (χ0n) is 13.1. The molecule has 0 spiro atoms. The Kier molecular flexibility index (Phi) is 3.48. The number of hydrogen-bond donors (Lipinski definition) is 1. The minimum atomic E-state index is -0.282. The molecular weight excluding hydrogens is 312 g/mol. The lowest BCUT2D eigenvalue weighted by Crippen LogP contribution is -2.31. The summed E-state index contributed by atoms with van der Waals surface area (Å²) < 4.78 is 3.67. The number of hydrogen-bond acceptors (Lipinski definition) is 6. The quantitative estimate of drug-likeness (QED) is 0.870. The lowest BCUT2D eigenvalue weighted by Gasteiger charge is -2.30. The summed E-state index contributed by atoms with van der Waals surface area (Å²) in [4.78, 5) is 17.1. The van der Waals surface area contributed by atoms with Gasteiger partial charge >= 0.3 is 0 Å². The van der Waals surface area contributed by atoms with E-state index in [1.165, 1.54) is 11.8 Å². The molecule has 2 aromatic rings. The molecule has 2 aromatic heterocycles. The van der Waals surface area contributed by atoms with Gasteiger partial charge in [-0.3, -0.25) is 9.48 Å². The van der Waals surface area contributed by atoms with Crippen LogP contribution in [0, 0.1) is 0 Å². The van der Waals surface area contributed by atoms with E-state index in [0.29, 0.717) is 17.5 Å². The summed E-state index contributed by atoms with van der Waals surface area (Å²) in [7, 11) is 0. The zero-order valence-corrected chi connectivity index (χ0v) is 13.9.